The van der Waals surface area contributed by atoms with Crippen molar-refractivity contribution in [2.75, 3.05) is 0 Å². The lowest BCUT2D eigenvalue weighted by atomic mass is 10.1. The molecular formula is C7H10N2O2. The summed E-state index contributed by atoms with van der Waals surface area (Å²) in [5, 5.41) is 4.94. The Bertz CT molecular complexity index is 247. The van der Waals surface area contributed by atoms with Crippen molar-refractivity contribution in [3.8, 4) is 0 Å². The van der Waals surface area contributed by atoms with Gasteiger partial charge in [0.25, 0.3) is 0 Å². The number of fused-ring (bicyclic) bond motifs is 1. The first-order valence-electron chi connectivity index (χ1n) is 3.65. The van der Waals surface area contributed by atoms with E-state index in [1.807, 2.05) is 13.8 Å². The van der Waals surface area contributed by atoms with Gasteiger partial charge in [0.15, 0.2) is 0 Å². The lowest BCUT2D eigenvalue weighted by Crippen LogP contribution is -2.47. The molecule has 60 valence electrons. The molecule has 2 unspecified atom stereocenters. The SMILES string of the molecule is CC1(C)C2NC(=O)NC(=O)C21. The second-order valence-corrected chi connectivity index (χ2v) is 3.74. The summed E-state index contributed by atoms with van der Waals surface area (Å²) in [4.78, 5) is 21.8. The summed E-state index contributed by atoms with van der Waals surface area (Å²) in [7, 11) is 0. The van der Waals surface area contributed by atoms with Gasteiger partial charge in [-0.3, -0.25) is 10.1 Å². The molecule has 1 saturated heterocycles. The zero-order chi connectivity index (χ0) is 8.22. The first kappa shape index (κ1) is 6.64. The van der Waals surface area contributed by atoms with E-state index in [9.17, 15) is 9.59 Å². The van der Waals surface area contributed by atoms with E-state index in [1.54, 1.807) is 0 Å². The number of carbonyl (C=O) groups is 2. The molecule has 0 aromatic carbocycles. The average molecular weight is 154 g/mol. The van der Waals surface area contributed by atoms with Crippen LogP contribution >= 0.6 is 0 Å². The molecule has 2 fully saturated rings. The summed E-state index contributed by atoms with van der Waals surface area (Å²) in [5.74, 6) is -0.149. The Morgan fingerprint density at radius 3 is 2.55 bits per heavy atom. The van der Waals surface area contributed by atoms with E-state index in [2.05, 4.69) is 10.6 Å². The molecule has 2 N–H and O–H groups in total. The zero-order valence-corrected chi connectivity index (χ0v) is 6.47. The Hall–Kier alpha value is -1.06. The number of amides is 3. The second-order valence-electron chi connectivity index (χ2n) is 3.74. The van der Waals surface area contributed by atoms with Crippen molar-refractivity contribution in [2.45, 2.75) is 19.9 Å². The van der Waals surface area contributed by atoms with Gasteiger partial charge in [-0.15, -0.1) is 0 Å². The fraction of sp³-hybridized carbons (Fsp3) is 0.714. The number of imide groups is 1. The van der Waals surface area contributed by atoms with E-state index >= 15 is 0 Å². The van der Waals surface area contributed by atoms with Crippen LogP contribution in [0.15, 0.2) is 0 Å². The molecule has 1 aliphatic heterocycles. The van der Waals surface area contributed by atoms with Gasteiger partial charge in [-0.25, -0.2) is 4.79 Å². The third-order valence-corrected chi connectivity index (χ3v) is 2.63. The molecule has 0 spiro atoms. The molecule has 0 aromatic rings. The third-order valence-electron chi connectivity index (χ3n) is 2.63. The highest BCUT2D eigenvalue weighted by Crippen LogP contribution is 2.52. The highest BCUT2D eigenvalue weighted by atomic mass is 16.2. The maximum atomic E-state index is 11.1. The monoisotopic (exact) mass is 154 g/mol. The van der Waals surface area contributed by atoms with Gasteiger partial charge < -0.3 is 5.32 Å². The van der Waals surface area contributed by atoms with E-state index < -0.39 is 0 Å². The quantitative estimate of drug-likeness (QED) is 0.509. The number of rotatable bonds is 0. The highest BCUT2D eigenvalue weighted by Gasteiger charge is 2.64. The molecule has 1 aliphatic carbocycles. The van der Waals surface area contributed by atoms with Gasteiger partial charge in [-0.1, -0.05) is 13.8 Å². The van der Waals surface area contributed by atoms with Gasteiger partial charge in [-0.05, 0) is 5.41 Å². The topological polar surface area (TPSA) is 58.2 Å². The van der Waals surface area contributed by atoms with Crippen LogP contribution in [0.5, 0.6) is 0 Å². The van der Waals surface area contributed by atoms with Crippen LogP contribution in [-0.2, 0) is 4.79 Å². The van der Waals surface area contributed by atoms with Crippen LogP contribution < -0.4 is 10.6 Å². The minimum absolute atomic E-state index is 0.0137. The molecule has 4 heteroatoms. The van der Waals surface area contributed by atoms with E-state index in [1.165, 1.54) is 0 Å². The number of urea groups is 1. The average Bonchev–Trinajstić information content (AvgIpc) is 2.34. The number of nitrogens with one attached hydrogen (secondary N) is 2. The van der Waals surface area contributed by atoms with Crippen molar-refractivity contribution in [1.29, 1.82) is 0 Å². The van der Waals surface area contributed by atoms with Crippen molar-refractivity contribution in [1.82, 2.24) is 10.6 Å². The van der Waals surface area contributed by atoms with Gasteiger partial charge in [0.05, 0.1) is 5.92 Å². The summed E-state index contributed by atoms with van der Waals surface area (Å²) >= 11 is 0. The largest absolute Gasteiger partial charge is 0.334 e. The van der Waals surface area contributed by atoms with Crippen LogP contribution in [0, 0.1) is 11.3 Å². The molecule has 2 atom stereocenters. The van der Waals surface area contributed by atoms with Gasteiger partial charge in [0.1, 0.15) is 0 Å². The minimum atomic E-state index is -0.359. The second kappa shape index (κ2) is 1.57. The molecule has 2 rings (SSSR count). The maximum Gasteiger partial charge on any atom is 0.321 e. The molecule has 3 amide bonds. The molecule has 11 heavy (non-hydrogen) atoms. The molecule has 1 heterocycles. The fourth-order valence-corrected chi connectivity index (χ4v) is 1.76. The third kappa shape index (κ3) is 0.692. The zero-order valence-electron chi connectivity index (χ0n) is 6.47. The van der Waals surface area contributed by atoms with Crippen LogP contribution in [0.2, 0.25) is 0 Å². The van der Waals surface area contributed by atoms with Crippen molar-refractivity contribution in [3.63, 3.8) is 0 Å². The Balaban J connectivity index is 2.23. The molecule has 0 aromatic heterocycles. The van der Waals surface area contributed by atoms with Crippen LogP contribution in [-0.4, -0.2) is 18.0 Å². The highest BCUT2D eigenvalue weighted by molar-refractivity contribution is 6.01. The van der Waals surface area contributed by atoms with Gasteiger partial charge >= 0.3 is 6.03 Å². The number of carbonyl (C=O) groups excluding carboxylic acids is 2. The Labute approximate surface area is 64.3 Å². The van der Waals surface area contributed by atoms with Crippen molar-refractivity contribution >= 4 is 11.9 Å². The molecule has 4 nitrogen and oxygen atoms in total. The molecule has 0 bridgehead atoms. The van der Waals surface area contributed by atoms with Gasteiger partial charge in [-0.2, -0.15) is 0 Å². The van der Waals surface area contributed by atoms with E-state index in [0.717, 1.165) is 0 Å². The van der Waals surface area contributed by atoms with Crippen LogP contribution in [0.4, 0.5) is 4.79 Å². The summed E-state index contributed by atoms with van der Waals surface area (Å²) in [6, 6.07) is -0.300. The summed E-state index contributed by atoms with van der Waals surface area (Å²) in [6.07, 6.45) is 0. The number of hydrogen-bond acceptors (Lipinski definition) is 2. The lowest BCUT2D eigenvalue weighted by molar-refractivity contribution is -0.122. The van der Waals surface area contributed by atoms with Gasteiger partial charge in [0, 0.05) is 6.04 Å². The molecular weight excluding hydrogens is 144 g/mol. The molecule has 0 radical (unpaired) electrons. The standard InChI is InChI=1S/C7H10N2O2/c1-7(2)3-4(7)8-6(11)9-5(3)10/h3-4H,1-2H3,(H2,8,9,10,11). The Morgan fingerprint density at radius 1 is 1.36 bits per heavy atom. The van der Waals surface area contributed by atoms with Crippen LogP contribution in [0.1, 0.15) is 13.8 Å². The first-order valence-corrected chi connectivity index (χ1v) is 3.65. The summed E-state index contributed by atoms with van der Waals surface area (Å²) in [6.45, 7) is 3.96. The molecule has 1 saturated carbocycles. The predicted octanol–water partition coefficient (Wildman–Crippen LogP) is -0.150. The van der Waals surface area contributed by atoms with E-state index in [0.29, 0.717) is 0 Å². The van der Waals surface area contributed by atoms with Crippen molar-refractivity contribution in [3.05, 3.63) is 0 Å². The van der Waals surface area contributed by atoms with E-state index in [-0.39, 0.29) is 29.3 Å². The Kier molecular flexibility index (Phi) is 0.948. The summed E-state index contributed by atoms with van der Waals surface area (Å²) < 4.78 is 0. The van der Waals surface area contributed by atoms with Crippen molar-refractivity contribution < 1.29 is 9.59 Å². The predicted molar refractivity (Wildman–Crippen MR) is 37.7 cm³/mol. The maximum absolute atomic E-state index is 11.1. The smallest absolute Gasteiger partial charge is 0.321 e. The van der Waals surface area contributed by atoms with Crippen LogP contribution in [0.3, 0.4) is 0 Å². The van der Waals surface area contributed by atoms with Crippen molar-refractivity contribution in [2.24, 2.45) is 11.3 Å². The first-order chi connectivity index (χ1) is 5.03. The normalized spacial score (nSPS) is 38.7. The minimum Gasteiger partial charge on any atom is -0.334 e. The number of hydrogen-bond donors (Lipinski definition) is 2. The van der Waals surface area contributed by atoms with Crippen LogP contribution in [0.25, 0.3) is 0 Å². The Morgan fingerprint density at radius 2 is 2.00 bits per heavy atom. The van der Waals surface area contributed by atoms with Gasteiger partial charge in [0.2, 0.25) is 5.91 Å². The fourth-order valence-electron chi connectivity index (χ4n) is 1.76. The van der Waals surface area contributed by atoms with E-state index in [4.69, 9.17) is 0 Å². The lowest BCUT2D eigenvalue weighted by Gasteiger charge is -2.09. The summed E-state index contributed by atoms with van der Waals surface area (Å²) in [5.41, 5.74) is -0.0454. The molecule has 2 aliphatic rings.